The summed E-state index contributed by atoms with van der Waals surface area (Å²) < 4.78 is 42.9. The first-order valence-electron chi connectivity index (χ1n) is 11.1. The van der Waals surface area contributed by atoms with E-state index in [4.69, 9.17) is 23.7 Å². The van der Waals surface area contributed by atoms with E-state index in [1.54, 1.807) is 24.3 Å². The number of H-pyrrole nitrogens is 1. The van der Waals surface area contributed by atoms with E-state index in [0.717, 1.165) is 0 Å². The third kappa shape index (κ3) is 6.82. The zero-order valence-electron chi connectivity index (χ0n) is 23.1. The van der Waals surface area contributed by atoms with Crippen LogP contribution in [0.15, 0.2) is 48.5 Å². The average Bonchev–Trinajstić information content (AvgIpc) is 3.30. The summed E-state index contributed by atoms with van der Waals surface area (Å²) in [7, 11) is 1.71. The molecule has 0 fully saturated rings. The molecular weight excluding hydrogens is 563 g/mol. The minimum Gasteiger partial charge on any atom is -0.780 e. The van der Waals surface area contributed by atoms with Crippen LogP contribution < -0.4 is 97.1 Å². The molecule has 200 valence electrons. The van der Waals surface area contributed by atoms with E-state index in [9.17, 15) is 19.1 Å². The first-order valence-corrected chi connectivity index (χ1v) is 12.5. The Kier molecular flexibility index (Phi) is 12.0. The smallest absolute Gasteiger partial charge is 0.780 e. The SMILES string of the molecule is COc1ccc(-c2c(C(=O)c3cc(OC)c(OC)c(OC)c3)[nH]c3cccc(OC)c23)cc1OP(=O)([O-])[O-].[Na+].[Na+]. The zero-order valence-corrected chi connectivity index (χ0v) is 28.0. The van der Waals surface area contributed by atoms with Crippen LogP contribution in [-0.4, -0.2) is 46.3 Å². The Morgan fingerprint density at radius 1 is 0.750 bits per heavy atom. The third-order valence-electron chi connectivity index (χ3n) is 5.82. The number of nitrogens with one attached hydrogen (secondary N) is 1. The number of ketones is 1. The summed E-state index contributed by atoms with van der Waals surface area (Å²) in [5, 5.41) is 0.550. The Balaban J connectivity index is 0.00000280. The van der Waals surface area contributed by atoms with Gasteiger partial charge in [-0.2, -0.15) is 0 Å². The van der Waals surface area contributed by atoms with Crippen molar-refractivity contribution in [3.8, 4) is 45.6 Å². The van der Waals surface area contributed by atoms with E-state index in [2.05, 4.69) is 9.51 Å². The zero-order chi connectivity index (χ0) is 27.6. The number of ether oxygens (including phenoxy) is 5. The van der Waals surface area contributed by atoms with Gasteiger partial charge in [-0.1, -0.05) is 12.1 Å². The average molecular weight is 587 g/mol. The number of hydrogen-bond donors (Lipinski definition) is 1. The van der Waals surface area contributed by atoms with Crippen LogP contribution in [0.5, 0.6) is 34.5 Å². The molecule has 0 unspecified atom stereocenters. The van der Waals surface area contributed by atoms with Gasteiger partial charge in [0.25, 0.3) is 0 Å². The molecule has 0 bridgehead atoms. The van der Waals surface area contributed by atoms with Gasteiger partial charge in [-0.15, -0.1) is 0 Å². The molecule has 14 heteroatoms. The van der Waals surface area contributed by atoms with Crippen LogP contribution in [0.25, 0.3) is 22.0 Å². The first kappa shape index (κ1) is 34.0. The minimum absolute atomic E-state index is 0. The van der Waals surface area contributed by atoms with E-state index >= 15 is 0 Å². The fraction of sp³-hybridized carbons (Fsp3) is 0.192. The van der Waals surface area contributed by atoms with Crippen LogP contribution in [0.4, 0.5) is 0 Å². The van der Waals surface area contributed by atoms with Gasteiger partial charge in [0.15, 0.2) is 23.0 Å². The number of rotatable bonds is 10. The summed E-state index contributed by atoms with van der Waals surface area (Å²) in [6.07, 6.45) is 0. The van der Waals surface area contributed by atoms with Crippen LogP contribution in [0.2, 0.25) is 0 Å². The summed E-state index contributed by atoms with van der Waals surface area (Å²) in [5.74, 6) is 0.600. The van der Waals surface area contributed by atoms with Gasteiger partial charge in [0.1, 0.15) is 13.6 Å². The first-order chi connectivity index (χ1) is 18.1. The normalized spacial score (nSPS) is 10.7. The topological polar surface area (TPSA) is 151 Å². The molecule has 4 rings (SSSR count). The molecule has 0 aliphatic carbocycles. The van der Waals surface area contributed by atoms with Crippen LogP contribution in [0.1, 0.15) is 16.1 Å². The fourth-order valence-corrected chi connectivity index (χ4v) is 4.61. The Morgan fingerprint density at radius 2 is 1.35 bits per heavy atom. The second-order valence-electron chi connectivity index (χ2n) is 7.91. The molecule has 40 heavy (non-hydrogen) atoms. The molecule has 4 aromatic rings. The molecule has 3 aromatic carbocycles. The second-order valence-corrected chi connectivity index (χ2v) is 8.98. The van der Waals surface area contributed by atoms with E-state index in [1.807, 2.05) is 0 Å². The summed E-state index contributed by atoms with van der Waals surface area (Å²) in [6, 6.07) is 12.6. The quantitative estimate of drug-likeness (QED) is 0.118. The van der Waals surface area contributed by atoms with Crippen LogP contribution in [-0.2, 0) is 4.57 Å². The molecule has 1 N–H and O–H groups in total. The van der Waals surface area contributed by atoms with Crippen molar-refractivity contribution >= 4 is 24.5 Å². The molecule has 0 aliphatic rings. The maximum absolute atomic E-state index is 14.0. The van der Waals surface area contributed by atoms with Gasteiger partial charge in [0.05, 0.1) is 52.1 Å². The van der Waals surface area contributed by atoms with E-state index in [0.29, 0.717) is 33.5 Å². The van der Waals surface area contributed by atoms with Crippen molar-refractivity contribution in [2.24, 2.45) is 0 Å². The number of carbonyl (C=O) groups excluding carboxylic acids is 1. The molecule has 0 saturated carbocycles. The predicted molar refractivity (Wildman–Crippen MR) is 135 cm³/mol. The van der Waals surface area contributed by atoms with Gasteiger partial charge in [-0.05, 0) is 42.0 Å². The molecule has 0 saturated heterocycles. The van der Waals surface area contributed by atoms with Gasteiger partial charge in [0, 0.05) is 11.1 Å². The molecule has 0 atom stereocenters. The Bertz CT molecular complexity index is 1540. The van der Waals surface area contributed by atoms with Gasteiger partial charge in [0.2, 0.25) is 11.5 Å². The molecule has 1 aromatic heterocycles. The van der Waals surface area contributed by atoms with Crippen molar-refractivity contribution in [2.75, 3.05) is 35.5 Å². The second kappa shape index (κ2) is 14.1. The number of phosphoric ester groups is 1. The molecule has 0 amide bonds. The van der Waals surface area contributed by atoms with Crippen molar-refractivity contribution < 1.29 is 106 Å². The largest absolute Gasteiger partial charge is 1.00 e. The molecule has 0 spiro atoms. The molecular formula is C26H24NNa2O10P. The number of carbonyl (C=O) groups is 1. The van der Waals surface area contributed by atoms with Crippen molar-refractivity contribution in [3.05, 3.63) is 59.8 Å². The van der Waals surface area contributed by atoms with E-state index in [-0.39, 0.29) is 93.4 Å². The van der Waals surface area contributed by atoms with Crippen LogP contribution in [0, 0.1) is 0 Å². The molecule has 0 aliphatic heterocycles. The summed E-state index contributed by atoms with van der Waals surface area (Å²) in [5.41, 5.74) is 1.70. The number of hydrogen-bond acceptors (Lipinski definition) is 10. The number of aromatic nitrogens is 1. The number of methoxy groups -OCH3 is 5. The van der Waals surface area contributed by atoms with Crippen LogP contribution >= 0.6 is 7.82 Å². The maximum Gasteiger partial charge on any atom is 1.00 e. The van der Waals surface area contributed by atoms with Crippen LogP contribution in [0.3, 0.4) is 0 Å². The Labute approximate surface area is 274 Å². The monoisotopic (exact) mass is 587 g/mol. The Morgan fingerprint density at radius 3 is 1.88 bits per heavy atom. The fourth-order valence-electron chi connectivity index (χ4n) is 4.22. The predicted octanol–water partition coefficient (Wildman–Crippen LogP) is -2.68. The van der Waals surface area contributed by atoms with Gasteiger partial charge >= 0.3 is 59.1 Å². The van der Waals surface area contributed by atoms with Crippen molar-refractivity contribution in [1.82, 2.24) is 4.98 Å². The third-order valence-corrected chi connectivity index (χ3v) is 6.24. The summed E-state index contributed by atoms with van der Waals surface area (Å²) in [4.78, 5) is 39.9. The van der Waals surface area contributed by atoms with Gasteiger partial charge < -0.3 is 47.5 Å². The minimum atomic E-state index is -5.41. The molecule has 1 heterocycles. The van der Waals surface area contributed by atoms with Gasteiger partial charge in [-0.25, -0.2) is 0 Å². The number of phosphoric acid groups is 1. The van der Waals surface area contributed by atoms with E-state index < -0.39 is 13.6 Å². The Hall–Kier alpha value is -2.18. The van der Waals surface area contributed by atoms with Crippen molar-refractivity contribution in [1.29, 1.82) is 0 Å². The van der Waals surface area contributed by atoms with E-state index in [1.165, 1.54) is 59.8 Å². The van der Waals surface area contributed by atoms with Gasteiger partial charge in [-0.3, -0.25) is 4.79 Å². The number of aromatic amines is 1. The molecule has 0 radical (unpaired) electrons. The van der Waals surface area contributed by atoms with Crippen molar-refractivity contribution in [2.45, 2.75) is 0 Å². The number of fused-ring (bicyclic) bond motifs is 1. The number of benzene rings is 3. The maximum atomic E-state index is 14.0. The summed E-state index contributed by atoms with van der Waals surface area (Å²) >= 11 is 0. The van der Waals surface area contributed by atoms with Crippen molar-refractivity contribution in [3.63, 3.8) is 0 Å². The molecule has 11 nitrogen and oxygen atoms in total. The standard InChI is InChI=1S/C26H26NO10P.2Na/c1-32-17-10-9-14(11-19(17)37-38(29,30)31)22-23-16(7-6-8-18(23)33-2)27-24(22)25(28)15-12-20(34-3)26(36-5)21(13-15)35-4;;/h6-13,27H,1-5H3,(H2,29,30,31);;/q;2*+1/p-2. The summed E-state index contributed by atoms with van der Waals surface area (Å²) in [6.45, 7) is 0.